The van der Waals surface area contributed by atoms with E-state index < -0.39 is 17.5 Å². The molecule has 0 aliphatic rings. The molecule has 0 radical (unpaired) electrons. The number of alkyl halides is 3. The molecule has 0 aromatic carbocycles. The Morgan fingerprint density at radius 3 is 2.67 bits per heavy atom. The summed E-state index contributed by atoms with van der Waals surface area (Å²) < 4.78 is 38.0. The summed E-state index contributed by atoms with van der Waals surface area (Å²) in [5.74, 6) is 0.667. The summed E-state index contributed by atoms with van der Waals surface area (Å²) >= 11 is 1.34. The van der Waals surface area contributed by atoms with Crippen molar-refractivity contribution in [2.24, 2.45) is 5.92 Å². The normalized spacial score (nSPS) is 11.9. The van der Waals surface area contributed by atoms with Gasteiger partial charge in [-0.05, 0) is 17.7 Å². The lowest BCUT2D eigenvalue weighted by Crippen LogP contribution is -2.15. The van der Waals surface area contributed by atoms with Crippen LogP contribution >= 0.6 is 11.8 Å². The quantitative estimate of drug-likeness (QED) is 0.769. The fraction of sp³-hybridized carbons (Fsp3) is 0.500. The van der Waals surface area contributed by atoms with Gasteiger partial charge in [-0.1, -0.05) is 13.8 Å². The molecule has 0 fully saturated rings. The first-order valence-corrected chi connectivity index (χ1v) is 6.60. The van der Waals surface area contributed by atoms with Crippen molar-refractivity contribution in [1.29, 1.82) is 0 Å². The van der Waals surface area contributed by atoms with Crippen molar-refractivity contribution in [3.05, 3.63) is 29.6 Å². The van der Waals surface area contributed by atoms with Crippen LogP contribution in [0.4, 0.5) is 13.2 Å². The van der Waals surface area contributed by atoms with Crippen molar-refractivity contribution in [1.82, 2.24) is 4.98 Å². The summed E-state index contributed by atoms with van der Waals surface area (Å²) in [6, 6.07) is 0.834. The molecule has 0 spiro atoms. The van der Waals surface area contributed by atoms with Crippen LogP contribution in [0.5, 0.6) is 0 Å². The van der Waals surface area contributed by atoms with Gasteiger partial charge in [0.1, 0.15) is 0 Å². The van der Waals surface area contributed by atoms with E-state index in [0.717, 1.165) is 24.2 Å². The Hall–Kier alpha value is -1.04. The molecule has 0 amide bonds. The van der Waals surface area contributed by atoms with Crippen LogP contribution in [0.1, 0.15) is 29.8 Å². The number of nitrogens with zero attached hydrogens (tertiary/aromatic N) is 1. The number of hydrogen-bond donors (Lipinski definition) is 0. The third kappa shape index (κ3) is 4.33. The number of hydrogen-bond acceptors (Lipinski definition) is 3. The van der Waals surface area contributed by atoms with Gasteiger partial charge in [-0.2, -0.15) is 24.9 Å². The molecular weight excluding hydrogens is 263 g/mol. The van der Waals surface area contributed by atoms with E-state index in [0.29, 0.717) is 5.92 Å². The third-order valence-corrected chi connectivity index (χ3v) is 3.48. The third-order valence-electron chi connectivity index (χ3n) is 2.11. The average Bonchev–Trinajstić information content (AvgIpc) is 2.27. The van der Waals surface area contributed by atoms with Crippen molar-refractivity contribution in [3.8, 4) is 0 Å². The highest BCUT2D eigenvalue weighted by molar-refractivity contribution is 7.99. The number of halogens is 3. The number of rotatable bonds is 5. The number of aromatic nitrogens is 1. The number of thioether (sulfide) groups is 1. The van der Waals surface area contributed by atoms with Crippen molar-refractivity contribution in [2.75, 3.05) is 11.5 Å². The summed E-state index contributed by atoms with van der Waals surface area (Å²) in [6.07, 6.45) is -2.49. The molecule has 0 aliphatic carbocycles. The van der Waals surface area contributed by atoms with Gasteiger partial charge in [-0.25, -0.2) is 0 Å². The SMILES string of the molecule is CC(C)CSCC(=O)c1cnccc1C(F)(F)F. The van der Waals surface area contributed by atoms with Crippen LogP contribution in [0.2, 0.25) is 0 Å². The largest absolute Gasteiger partial charge is 0.417 e. The van der Waals surface area contributed by atoms with Gasteiger partial charge in [-0.15, -0.1) is 0 Å². The Balaban J connectivity index is 2.80. The molecule has 0 aliphatic heterocycles. The monoisotopic (exact) mass is 277 g/mol. The smallest absolute Gasteiger partial charge is 0.293 e. The van der Waals surface area contributed by atoms with Gasteiger partial charge in [0.15, 0.2) is 5.78 Å². The number of Topliss-reactive ketones (excluding diaryl/α,β-unsaturated/α-hetero) is 1. The zero-order valence-corrected chi connectivity index (χ0v) is 10.9. The van der Waals surface area contributed by atoms with Gasteiger partial charge in [0, 0.05) is 18.0 Å². The number of carbonyl (C=O) groups excluding carboxylic acids is 1. The van der Waals surface area contributed by atoms with Crippen molar-refractivity contribution >= 4 is 17.5 Å². The maximum Gasteiger partial charge on any atom is 0.417 e. The minimum absolute atomic E-state index is 0.0486. The van der Waals surface area contributed by atoms with E-state index in [-0.39, 0.29) is 11.3 Å². The Bertz CT molecular complexity index is 418. The second-order valence-corrected chi connectivity index (χ2v) is 5.28. The molecule has 1 rings (SSSR count). The molecule has 0 bridgehead atoms. The molecule has 0 saturated carbocycles. The predicted octanol–water partition coefficient (Wildman–Crippen LogP) is 3.67. The maximum absolute atomic E-state index is 12.7. The number of carbonyl (C=O) groups is 1. The summed E-state index contributed by atoms with van der Waals surface area (Å²) in [5.41, 5.74) is -1.26. The first-order valence-electron chi connectivity index (χ1n) is 5.44. The van der Waals surface area contributed by atoms with E-state index >= 15 is 0 Å². The molecule has 0 saturated heterocycles. The van der Waals surface area contributed by atoms with E-state index in [1.165, 1.54) is 11.8 Å². The first kappa shape index (κ1) is 15.0. The molecule has 0 N–H and O–H groups in total. The van der Waals surface area contributed by atoms with E-state index in [9.17, 15) is 18.0 Å². The van der Waals surface area contributed by atoms with Crippen LogP contribution in [0.15, 0.2) is 18.5 Å². The van der Waals surface area contributed by atoms with Crippen LogP contribution in [-0.4, -0.2) is 22.3 Å². The predicted molar refractivity (Wildman–Crippen MR) is 65.7 cm³/mol. The number of pyridine rings is 1. The summed E-state index contributed by atoms with van der Waals surface area (Å²) in [5, 5.41) is 0. The van der Waals surface area contributed by atoms with Gasteiger partial charge in [0.2, 0.25) is 0 Å². The van der Waals surface area contributed by atoms with Gasteiger partial charge in [-0.3, -0.25) is 9.78 Å². The zero-order chi connectivity index (χ0) is 13.8. The maximum atomic E-state index is 12.7. The first-order chi connectivity index (χ1) is 8.32. The van der Waals surface area contributed by atoms with E-state index in [1.807, 2.05) is 13.8 Å². The molecule has 100 valence electrons. The van der Waals surface area contributed by atoms with Crippen LogP contribution in [0.3, 0.4) is 0 Å². The Kier molecular flexibility index (Phi) is 5.19. The summed E-state index contributed by atoms with van der Waals surface area (Å²) in [7, 11) is 0. The van der Waals surface area contributed by atoms with Crippen molar-refractivity contribution < 1.29 is 18.0 Å². The van der Waals surface area contributed by atoms with Crippen LogP contribution < -0.4 is 0 Å². The molecule has 1 aromatic rings. The lowest BCUT2D eigenvalue weighted by atomic mass is 10.1. The molecule has 1 heterocycles. The molecule has 0 atom stereocenters. The highest BCUT2D eigenvalue weighted by atomic mass is 32.2. The van der Waals surface area contributed by atoms with E-state index in [1.54, 1.807) is 0 Å². The van der Waals surface area contributed by atoms with Gasteiger partial charge < -0.3 is 0 Å². The molecule has 18 heavy (non-hydrogen) atoms. The second kappa shape index (κ2) is 6.22. The summed E-state index contributed by atoms with van der Waals surface area (Å²) in [4.78, 5) is 15.3. The average molecular weight is 277 g/mol. The Morgan fingerprint density at radius 1 is 1.44 bits per heavy atom. The standard InChI is InChI=1S/C12H14F3NOS/c1-8(2)6-18-7-11(17)9-5-16-4-3-10(9)12(13,14)15/h3-5,8H,6-7H2,1-2H3. The minimum atomic E-state index is -4.52. The van der Waals surface area contributed by atoms with Gasteiger partial charge in [0.25, 0.3) is 0 Å². The fourth-order valence-electron chi connectivity index (χ4n) is 1.33. The van der Waals surface area contributed by atoms with Crippen molar-refractivity contribution in [3.63, 3.8) is 0 Å². The zero-order valence-electron chi connectivity index (χ0n) is 10.1. The van der Waals surface area contributed by atoms with E-state index in [4.69, 9.17) is 0 Å². The lowest BCUT2D eigenvalue weighted by molar-refractivity contribution is -0.138. The molecule has 2 nitrogen and oxygen atoms in total. The topological polar surface area (TPSA) is 30.0 Å². The van der Waals surface area contributed by atoms with Crippen LogP contribution in [0.25, 0.3) is 0 Å². The molecule has 1 aromatic heterocycles. The Labute approximate surface area is 108 Å². The summed E-state index contributed by atoms with van der Waals surface area (Å²) in [6.45, 7) is 3.98. The van der Waals surface area contributed by atoms with Crippen LogP contribution in [-0.2, 0) is 6.18 Å². The lowest BCUT2D eigenvalue weighted by Gasteiger charge is -2.11. The van der Waals surface area contributed by atoms with Gasteiger partial charge in [0.05, 0.1) is 11.3 Å². The van der Waals surface area contributed by atoms with Gasteiger partial charge >= 0.3 is 6.18 Å². The minimum Gasteiger partial charge on any atom is -0.293 e. The molecule has 6 heteroatoms. The Morgan fingerprint density at radius 2 is 2.11 bits per heavy atom. The highest BCUT2D eigenvalue weighted by Crippen LogP contribution is 2.31. The fourth-order valence-corrected chi connectivity index (χ4v) is 2.26. The molecular formula is C12H14F3NOS. The van der Waals surface area contributed by atoms with Crippen molar-refractivity contribution in [2.45, 2.75) is 20.0 Å². The van der Waals surface area contributed by atoms with E-state index in [2.05, 4.69) is 4.98 Å². The molecule has 0 unspecified atom stereocenters. The van der Waals surface area contributed by atoms with Crippen LogP contribution in [0, 0.1) is 5.92 Å². The number of ketones is 1. The highest BCUT2D eigenvalue weighted by Gasteiger charge is 2.34. The second-order valence-electron chi connectivity index (χ2n) is 4.25.